The lowest BCUT2D eigenvalue weighted by Crippen LogP contribution is -2.44. The summed E-state index contributed by atoms with van der Waals surface area (Å²) >= 11 is 1.27. The van der Waals surface area contributed by atoms with Crippen LogP contribution < -0.4 is 11.2 Å². The maximum atomic E-state index is 14.2. The molecule has 208 valence electrons. The number of esters is 1. The lowest BCUT2D eigenvalue weighted by molar-refractivity contribution is -0.155. The van der Waals surface area contributed by atoms with Gasteiger partial charge in [0, 0.05) is 0 Å². The molecule has 0 unspecified atom stereocenters. The Morgan fingerprint density at radius 3 is 2.08 bits per heavy atom. The molecule has 0 aliphatic carbocycles. The van der Waals surface area contributed by atoms with E-state index in [4.69, 9.17) is 9.15 Å². The van der Waals surface area contributed by atoms with Crippen molar-refractivity contribution in [3.8, 4) is 10.8 Å². The maximum Gasteiger partial charge on any atom is 0.333 e. The standard InChI is InChI=1S/C29H27N3O5S.C2H6/c1-18-22-26(34)31(17-21(33)37-29(2,3)4)28(35)32(27(22)38-24(18)25-30-15-16-36-25)23(19-11-7-5-8-12-19)20-13-9-6-10-14-20;1-2/h5-16,23H,17H2,1-4H3;1-2H3. The van der Waals surface area contributed by atoms with Crippen molar-refractivity contribution in [3.05, 3.63) is 111 Å². The van der Waals surface area contributed by atoms with Crippen molar-refractivity contribution in [2.75, 3.05) is 0 Å². The number of carbonyl (C=O) groups excluding carboxylic acids is 1. The summed E-state index contributed by atoms with van der Waals surface area (Å²) in [7, 11) is 0. The van der Waals surface area contributed by atoms with Gasteiger partial charge in [0.1, 0.15) is 23.2 Å². The van der Waals surface area contributed by atoms with Gasteiger partial charge in [0.25, 0.3) is 5.56 Å². The molecule has 0 fully saturated rings. The fourth-order valence-corrected chi connectivity index (χ4v) is 5.79. The number of fused-ring (bicyclic) bond motifs is 1. The van der Waals surface area contributed by atoms with Gasteiger partial charge in [0.15, 0.2) is 0 Å². The van der Waals surface area contributed by atoms with Crippen molar-refractivity contribution in [3.63, 3.8) is 0 Å². The first-order valence-electron chi connectivity index (χ1n) is 13.2. The number of aryl methyl sites for hydroxylation is 1. The predicted octanol–water partition coefficient (Wildman–Crippen LogP) is 6.19. The lowest BCUT2D eigenvalue weighted by atomic mass is 9.98. The molecular formula is C31H33N3O5S. The second kappa shape index (κ2) is 11.9. The Morgan fingerprint density at radius 2 is 1.57 bits per heavy atom. The third kappa shape index (κ3) is 5.70. The molecule has 0 aliphatic rings. The van der Waals surface area contributed by atoms with Crippen LogP contribution in [0.4, 0.5) is 0 Å². The van der Waals surface area contributed by atoms with Gasteiger partial charge < -0.3 is 9.15 Å². The number of hydrogen-bond donors (Lipinski definition) is 0. The van der Waals surface area contributed by atoms with Crippen LogP contribution in [0.2, 0.25) is 0 Å². The summed E-state index contributed by atoms with van der Waals surface area (Å²) in [6, 6.07) is 18.6. The van der Waals surface area contributed by atoms with Gasteiger partial charge in [-0.05, 0) is 44.4 Å². The number of hydrogen-bond acceptors (Lipinski definition) is 7. The average molecular weight is 560 g/mol. The molecule has 0 atom stereocenters. The Kier molecular flexibility index (Phi) is 8.54. The molecule has 0 saturated heterocycles. The highest BCUT2D eigenvalue weighted by molar-refractivity contribution is 7.22. The summed E-state index contributed by atoms with van der Waals surface area (Å²) in [6.45, 7) is 10.5. The molecule has 0 N–H and O–H groups in total. The number of thiophene rings is 1. The van der Waals surface area contributed by atoms with Crippen LogP contribution in [0.3, 0.4) is 0 Å². The van der Waals surface area contributed by atoms with Crippen LogP contribution >= 0.6 is 11.3 Å². The van der Waals surface area contributed by atoms with E-state index in [1.54, 1.807) is 32.3 Å². The molecule has 0 amide bonds. The molecule has 40 heavy (non-hydrogen) atoms. The molecule has 0 radical (unpaired) electrons. The quantitative estimate of drug-likeness (QED) is 0.230. The minimum Gasteiger partial charge on any atom is -0.459 e. The first-order valence-corrected chi connectivity index (χ1v) is 14.0. The number of benzene rings is 2. The van der Waals surface area contributed by atoms with Crippen LogP contribution in [0.5, 0.6) is 0 Å². The molecule has 3 heterocycles. The van der Waals surface area contributed by atoms with Crippen molar-refractivity contribution in [1.82, 2.24) is 14.1 Å². The number of oxazole rings is 1. The number of rotatable bonds is 6. The van der Waals surface area contributed by atoms with Crippen molar-refractivity contribution in [1.29, 1.82) is 0 Å². The van der Waals surface area contributed by atoms with E-state index in [1.807, 2.05) is 74.5 Å². The number of ether oxygens (including phenoxy) is 1. The molecular weight excluding hydrogens is 526 g/mol. The Labute approximate surface area is 236 Å². The zero-order valence-corrected chi connectivity index (χ0v) is 24.3. The van der Waals surface area contributed by atoms with Crippen LogP contribution in [0, 0.1) is 6.92 Å². The summed E-state index contributed by atoms with van der Waals surface area (Å²) in [6.07, 6.45) is 2.99. The predicted molar refractivity (Wildman–Crippen MR) is 158 cm³/mol. The van der Waals surface area contributed by atoms with Gasteiger partial charge in [-0.15, -0.1) is 11.3 Å². The van der Waals surface area contributed by atoms with E-state index in [9.17, 15) is 14.4 Å². The van der Waals surface area contributed by atoms with E-state index in [0.29, 0.717) is 26.5 Å². The lowest BCUT2D eigenvalue weighted by Gasteiger charge is -2.24. The summed E-state index contributed by atoms with van der Waals surface area (Å²) < 4.78 is 13.6. The van der Waals surface area contributed by atoms with Crippen molar-refractivity contribution in [2.45, 2.75) is 59.7 Å². The molecule has 3 aromatic heterocycles. The van der Waals surface area contributed by atoms with E-state index in [2.05, 4.69) is 4.98 Å². The van der Waals surface area contributed by atoms with Gasteiger partial charge in [-0.1, -0.05) is 74.5 Å². The Hall–Kier alpha value is -4.24. The van der Waals surface area contributed by atoms with Crippen molar-refractivity contribution >= 4 is 27.5 Å². The van der Waals surface area contributed by atoms with Crippen molar-refractivity contribution in [2.24, 2.45) is 0 Å². The summed E-state index contributed by atoms with van der Waals surface area (Å²) in [4.78, 5) is 46.2. The van der Waals surface area contributed by atoms with Crippen LogP contribution in [-0.2, 0) is 16.1 Å². The smallest absolute Gasteiger partial charge is 0.333 e. The van der Waals surface area contributed by atoms with Crippen LogP contribution in [0.15, 0.2) is 87.1 Å². The van der Waals surface area contributed by atoms with Gasteiger partial charge in [-0.2, -0.15) is 0 Å². The molecule has 0 bridgehead atoms. The van der Waals surface area contributed by atoms with Gasteiger partial charge >= 0.3 is 11.7 Å². The molecule has 9 heteroatoms. The maximum absolute atomic E-state index is 14.2. The fraction of sp³-hybridized carbons (Fsp3) is 0.290. The topological polar surface area (TPSA) is 96.3 Å². The van der Waals surface area contributed by atoms with Crippen LogP contribution in [-0.4, -0.2) is 25.7 Å². The summed E-state index contributed by atoms with van der Waals surface area (Å²) in [5.41, 5.74) is 0.409. The SMILES string of the molecule is CC.Cc1c(-c2ncco2)sc2c1c(=O)n(CC(=O)OC(C)(C)C)c(=O)n2C(c1ccccc1)c1ccccc1. The molecule has 0 saturated carbocycles. The van der Waals surface area contributed by atoms with E-state index in [1.165, 1.54) is 23.8 Å². The van der Waals surface area contributed by atoms with E-state index in [0.717, 1.165) is 15.7 Å². The van der Waals surface area contributed by atoms with Crippen molar-refractivity contribution < 1.29 is 13.9 Å². The summed E-state index contributed by atoms with van der Waals surface area (Å²) in [5.74, 6) is -0.309. The highest BCUT2D eigenvalue weighted by atomic mass is 32.1. The first kappa shape index (κ1) is 28.8. The molecule has 0 aliphatic heterocycles. The third-order valence-electron chi connectivity index (χ3n) is 6.07. The monoisotopic (exact) mass is 559 g/mol. The second-order valence-corrected chi connectivity index (χ2v) is 10.9. The normalized spacial score (nSPS) is 11.4. The van der Waals surface area contributed by atoms with Gasteiger partial charge in [0.05, 0.1) is 22.5 Å². The van der Waals surface area contributed by atoms with E-state index in [-0.39, 0.29) is 0 Å². The Morgan fingerprint density at radius 1 is 1.00 bits per heavy atom. The minimum absolute atomic E-state index is 0.336. The number of nitrogens with zero attached hydrogens (tertiary/aromatic N) is 3. The third-order valence-corrected chi connectivity index (χ3v) is 7.34. The van der Waals surface area contributed by atoms with Crippen LogP contribution in [0.1, 0.15) is 57.4 Å². The molecule has 2 aromatic carbocycles. The molecule has 5 aromatic rings. The second-order valence-electron chi connectivity index (χ2n) is 9.93. The molecule has 8 nitrogen and oxygen atoms in total. The van der Waals surface area contributed by atoms with E-state index >= 15 is 0 Å². The van der Waals surface area contributed by atoms with Gasteiger partial charge in [-0.25, -0.2) is 14.3 Å². The largest absolute Gasteiger partial charge is 0.459 e. The highest BCUT2D eigenvalue weighted by Crippen LogP contribution is 2.38. The zero-order chi connectivity index (χ0) is 29.0. The van der Waals surface area contributed by atoms with Crippen LogP contribution in [0.25, 0.3) is 21.0 Å². The Balaban J connectivity index is 0.00000181. The molecule has 5 rings (SSSR count). The van der Waals surface area contributed by atoms with Gasteiger partial charge in [-0.3, -0.25) is 14.2 Å². The first-order chi connectivity index (χ1) is 19.2. The van der Waals surface area contributed by atoms with Gasteiger partial charge in [0.2, 0.25) is 5.89 Å². The minimum atomic E-state index is -0.767. The zero-order valence-electron chi connectivity index (χ0n) is 23.5. The van der Waals surface area contributed by atoms with E-state index < -0.39 is 35.4 Å². The molecule has 0 spiro atoms. The fourth-order valence-electron chi connectivity index (χ4n) is 4.53. The Bertz CT molecular complexity index is 1670. The summed E-state index contributed by atoms with van der Waals surface area (Å²) in [5, 5.41) is 0.336. The number of carbonyl (C=O) groups is 1. The highest BCUT2D eigenvalue weighted by Gasteiger charge is 2.29. The number of aromatic nitrogens is 3. The average Bonchev–Trinajstić information content (AvgIpc) is 3.58.